The van der Waals surface area contributed by atoms with E-state index in [9.17, 15) is 9.18 Å². The molecule has 26 heavy (non-hydrogen) atoms. The number of pyridine rings is 1. The Morgan fingerprint density at radius 2 is 1.85 bits per heavy atom. The first-order valence-corrected chi connectivity index (χ1v) is 7.90. The molecule has 1 aromatic carbocycles. The number of Topliss-reactive ketones (excluding diaryl/α,β-unsaturated/α-hetero) is 1. The Hall–Kier alpha value is -3.61. The van der Waals surface area contributed by atoms with Crippen molar-refractivity contribution in [2.75, 3.05) is 5.73 Å². The lowest BCUT2D eigenvalue weighted by atomic mass is 10.0. The molecule has 6 nitrogen and oxygen atoms in total. The number of carbonyl (C=O) groups is 1. The first-order chi connectivity index (χ1) is 12.5. The predicted molar refractivity (Wildman–Crippen MR) is 96.0 cm³/mol. The van der Waals surface area contributed by atoms with E-state index < -0.39 is 0 Å². The van der Waals surface area contributed by atoms with Crippen LogP contribution in [0.15, 0.2) is 55.0 Å². The average molecular weight is 347 g/mol. The van der Waals surface area contributed by atoms with Crippen molar-refractivity contribution in [2.24, 2.45) is 0 Å². The topological polar surface area (TPSA) is 86.2 Å². The van der Waals surface area contributed by atoms with Crippen LogP contribution in [0.3, 0.4) is 0 Å². The number of hydrogen-bond donors (Lipinski definition) is 1. The van der Waals surface area contributed by atoms with Crippen molar-refractivity contribution in [3.05, 3.63) is 66.5 Å². The molecule has 0 unspecified atom stereocenters. The minimum Gasteiger partial charge on any atom is -0.381 e. The first-order valence-electron chi connectivity index (χ1n) is 7.90. The van der Waals surface area contributed by atoms with Crippen LogP contribution in [-0.4, -0.2) is 25.1 Å². The van der Waals surface area contributed by atoms with Gasteiger partial charge in [-0.2, -0.15) is 0 Å². The van der Waals surface area contributed by atoms with E-state index in [1.807, 2.05) is 0 Å². The van der Waals surface area contributed by atoms with E-state index >= 15 is 0 Å². The molecule has 0 spiro atoms. The third-order valence-corrected chi connectivity index (χ3v) is 4.08. The van der Waals surface area contributed by atoms with Crippen LogP contribution < -0.4 is 5.73 Å². The van der Waals surface area contributed by atoms with Crippen LogP contribution in [0.1, 0.15) is 17.4 Å². The van der Waals surface area contributed by atoms with Gasteiger partial charge < -0.3 is 5.73 Å². The Morgan fingerprint density at radius 3 is 2.58 bits per heavy atom. The van der Waals surface area contributed by atoms with Crippen LogP contribution in [0.5, 0.6) is 0 Å². The molecule has 7 heteroatoms. The number of imidazole rings is 1. The van der Waals surface area contributed by atoms with Gasteiger partial charge in [-0.3, -0.25) is 14.2 Å². The number of fused-ring (bicyclic) bond motifs is 1. The Balaban J connectivity index is 2.06. The normalized spacial score (nSPS) is 11.0. The van der Waals surface area contributed by atoms with Crippen molar-refractivity contribution in [1.82, 2.24) is 19.4 Å². The molecule has 4 aromatic rings. The molecule has 0 fully saturated rings. The van der Waals surface area contributed by atoms with Crippen molar-refractivity contribution >= 4 is 17.2 Å². The standard InChI is InChI=1S/C19H14FN5O/c1-11(26)15-10-13(6-7-22-15)17-16(12-2-4-14(20)5-3-12)24-18(21)19-23-8-9-25(17)19/h2-10H,1H3,(H2,21,24). The van der Waals surface area contributed by atoms with E-state index in [-0.39, 0.29) is 17.4 Å². The largest absolute Gasteiger partial charge is 0.381 e. The number of anilines is 1. The molecule has 128 valence electrons. The van der Waals surface area contributed by atoms with E-state index in [0.29, 0.717) is 28.3 Å². The summed E-state index contributed by atoms with van der Waals surface area (Å²) in [6, 6.07) is 9.48. The maximum Gasteiger partial charge on any atom is 0.180 e. The molecule has 0 aliphatic rings. The van der Waals surface area contributed by atoms with Crippen LogP contribution in [0.2, 0.25) is 0 Å². The molecule has 0 aliphatic heterocycles. The quantitative estimate of drug-likeness (QED) is 0.574. The van der Waals surface area contributed by atoms with Crippen LogP contribution >= 0.6 is 0 Å². The molecule has 0 saturated heterocycles. The summed E-state index contributed by atoms with van der Waals surface area (Å²) in [6.45, 7) is 1.46. The SMILES string of the molecule is CC(=O)c1cc(-c2c(-c3ccc(F)cc3)nc(N)c3nccn23)ccn1. The van der Waals surface area contributed by atoms with Gasteiger partial charge in [0.25, 0.3) is 0 Å². The molecule has 0 atom stereocenters. The van der Waals surface area contributed by atoms with Gasteiger partial charge in [0.15, 0.2) is 17.2 Å². The molecule has 0 bridgehead atoms. The van der Waals surface area contributed by atoms with E-state index in [0.717, 1.165) is 5.56 Å². The molecule has 0 amide bonds. The van der Waals surface area contributed by atoms with Crippen LogP contribution in [-0.2, 0) is 0 Å². The fourth-order valence-electron chi connectivity index (χ4n) is 2.87. The summed E-state index contributed by atoms with van der Waals surface area (Å²) in [5.41, 5.74) is 9.61. The van der Waals surface area contributed by atoms with Crippen molar-refractivity contribution < 1.29 is 9.18 Å². The van der Waals surface area contributed by atoms with E-state index in [1.54, 1.807) is 47.3 Å². The summed E-state index contributed by atoms with van der Waals surface area (Å²) in [7, 11) is 0. The molecule has 4 rings (SSSR count). The van der Waals surface area contributed by atoms with E-state index in [4.69, 9.17) is 5.73 Å². The second-order valence-electron chi connectivity index (χ2n) is 5.81. The lowest BCUT2D eigenvalue weighted by Crippen LogP contribution is -2.05. The number of nitrogen functional groups attached to an aromatic ring is 1. The van der Waals surface area contributed by atoms with Gasteiger partial charge in [0.05, 0.1) is 11.4 Å². The molecule has 0 radical (unpaired) electrons. The van der Waals surface area contributed by atoms with Gasteiger partial charge in [0, 0.05) is 36.6 Å². The highest BCUT2D eigenvalue weighted by molar-refractivity contribution is 5.94. The number of ketones is 1. The number of nitrogens with two attached hydrogens (primary N) is 1. The van der Waals surface area contributed by atoms with E-state index in [1.165, 1.54) is 19.1 Å². The monoisotopic (exact) mass is 347 g/mol. The summed E-state index contributed by atoms with van der Waals surface area (Å²) in [5.74, 6) is -0.214. The fourth-order valence-corrected chi connectivity index (χ4v) is 2.87. The van der Waals surface area contributed by atoms with Gasteiger partial charge >= 0.3 is 0 Å². The first kappa shape index (κ1) is 15.9. The highest BCUT2D eigenvalue weighted by Gasteiger charge is 2.18. The third-order valence-electron chi connectivity index (χ3n) is 4.08. The van der Waals surface area contributed by atoms with Crippen molar-refractivity contribution in [3.63, 3.8) is 0 Å². The van der Waals surface area contributed by atoms with Gasteiger partial charge in [-0.1, -0.05) is 0 Å². The Bertz CT molecular complexity index is 1130. The third kappa shape index (κ3) is 2.59. The summed E-state index contributed by atoms with van der Waals surface area (Å²) in [5, 5.41) is 0. The molecule has 2 N–H and O–H groups in total. The summed E-state index contributed by atoms with van der Waals surface area (Å²) in [6.07, 6.45) is 4.96. The second kappa shape index (κ2) is 6.03. The maximum absolute atomic E-state index is 13.3. The Morgan fingerprint density at radius 1 is 1.08 bits per heavy atom. The summed E-state index contributed by atoms with van der Waals surface area (Å²) < 4.78 is 15.2. The Kier molecular flexibility index (Phi) is 3.69. The van der Waals surface area contributed by atoms with Gasteiger partial charge in [0.2, 0.25) is 0 Å². The smallest absolute Gasteiger partial charge is 0.180 e. The van der Waals surface area contributed by atoms with Crippen LogP contribution in [0, 0.1) is 5.82 Å². The molecule has 0 aliphatic carbocycles. The van der Waals surface area contributed by atoms with Crippen molar-refractivity contribution in [2.45, 2.75) is 6.92 Å². The lowest BCUT2D eigenvalue weighted by Gasteiger charge is -2.14. The number of rotatable bonds is 3. The highest BCUT2D eigenvalue weighted by atomic mass is 19.1. The fraction of sp³-hybridized carbons (Fsp3) is 0.0526. The van der Waals surface area contributed by atoms with Gasteiger partial charge in [-0.25, -0.2) is 14.4 Å². The number of hydrogen-bond acceptors (Lipinski definition) is 5. The number of nitrogens with zero attached hydrogens (tertiary/aromatic N) is 4. The van der Waals surface area contributed by atoms with Gasteiger partial charge in [0.1, 0.15) is 11.5 Å². The number of benzene rings is 1. The molecular formula is C19H14FN5O. The Labute approximate surface area is 148 Å². The maximum atomic E-state index is 13.3. The van der Waals surface area contributed by atoms with Crippen molar-refractivity contribution in [3.8, 4) is 22.5 Å². The molecule has 3 heterocycles. The van der Waals surface area contributed by atoms with Crippen molar-refractivity contribution in [1.29, 1.82) is 0 Å². The molecule has 0 saturated carbocycles. The zero-order chi connectivity index (χ0) is 18.3. The van der Waals surface area contributed by atoms with Gasteiger partial charge in [-0.15, -0.1) is 0 Å². The average Bonchev–Trinajstić information content (AvgIpc) is 3.12. The zero-order valence-electron chi connectivity index (χ0n) is 13.8. The number of carbonyl (C=O) groups excluding carboxylic acids is 1. The minimum absolute atomic E-state index is 0.138. The summed E-state index contributed by atoms with van der Waals surface area (Å²) >= 11 is 0. The molecular weight excluding hydrogens is 333 g/mol. The van der Waals surface area contributed by atoms with E-state index in [2.05, 4.69) is 15.0 Å². The minimum atomic E-state index is -0.338. The zero-order valence-corrected chi connectivity index (χ0v) is 13.8. The summed E-state index contributed by atoms with van der Waals surface area (Å²) in [4.78, 5) is 24.6. The van der Waals surface area contributed by atoms with Gasteiger partial charge in [-0.05, 0) is 36.4 Å². The number of halogens is 1. The second-order valence-corrected chi connectivity index (χ2v) is 5.81. The van der Waals surface area contributed by atoms with Crippen LogP contribution in [0.25, 0.3) is 28.2 Å². The lowest BCUT2D eigenvalue weighted by molar-refractivity contribution is 0.101. The predicted octanol–water partition coefficient (Wildman–Crippen LogP) is 3.38. The number of aromatic nitrogens is 4. The van der Waals surface area contributed by atoms with Crippen LogP contribution in [0.4, 0.5) is 10.2 Å². The highest BCUT2D eigenvalue weighted by Crippen LogP contribution is 2.33. The molecule has 3 aromatic heterocycles.